The van der Waals surface area contributed by atoms with Crippen molar-refractivity contribution in [3.05, 3.63) is 65.7 Å². The molecule has 0 radical (unpaired) electrons. The van der Waals surface area contributed by atoms with Crippen LogP contribution in [0.4, 0.5) is 17.3 Å². The van der Waals surface area contributed by atoms with Crippen molar-refractivity contribution in [3.8, 4) is 5.75 Å². The number of nitrogens with zero attached hydrogens (tertiary/aromatic N) is 1. The first kappa shape index (κ1) is 17.6. The molecular formula is C20H19N5O3. The molecule has 8 nitrogen and oxygen atoms in total. The summed E-state index contributed by atoms with van der Waals surface area (Å²) in [6, 6.07) is 17.0. The van der Waals surface area contributed by atoms with Gasteiger partial charge in [-0.05, 0) is 29.8 Å². The Labute approximate surface area is 161 Å². The number of primary amides is 1. The van der Waals surface area contributed by atoms with Gasteiger partial charge >= 0.3 is 0 Å². The Hall–Kier alpha value is -3.81. The highest BCUT2D eigenvalue weighted by atomic mass is 16.5. The van der Waals surface area contributed by atoms with Gasteiger partial charge in [0.05, 0.1) is 0 Å². The Morgan fingerprint density at radius 3 is 2.64 bits per heavy atom. The van der Waals surface area contributed by atoms with Crippen molar-refractivity contribution in [2.45, 2.75) is 12.3 Å². The third-order valence-corrected chi connectivity index (χ3v) is 4.51. The van der Waals surface area contributed by atoms with E-state index in [-0.39, 0.29) is 18.4 Å². The first-order valence-electron chi connectivity index (χ1n) is 8.81. The van der Waals surface area contributed by atoms with E-state index in [0.717, 1.165) is 22.6 Å². The zero-order valence-corrected chi connectivity index (χ0v) is 14.9. The molecule has 2 amide bonds. The third kappa shape index (κ3) is 3.66. The van der Waals surface area contributed by atoms with Crippen molar-refractivity contribution in [1.82, 2.24) is 10.2 Å². The van der Waals surface area contributed by atoms with E-state index in [2.05, 4.69) is 20.8 Å². The molecule has 1 aliphatic heterocycles. The summed E-state index contributed by atoms with van der Waals surface area (Å²) < 4.78 is 5.30. The summed E-state index contributed by atoms with van der Waals surface area (Å²) in [5, 5.41) is 13.4. The van der Waals surface area contributed by atoms with E-state index in [9.17, 15) is 9.59 Å². The van der Waals surface area contributed by atoms with Crippen LogP contribution in [0.25, 0.3) is 0 Å². The number of aromatic nitrogens is 2. The Morgan fingerprint density at radius 1 is 1.18 bits per heavy atom. The second-order valence-corrected chi connectivity index (χ2v) is 6.48. The van der Waals surface area contributed by atoms with Gasteiger partial charge in [0.1, 0.15) is 11.6 Å². The van der Waals surface area contributed by atoms with E-state index >= 15 is 0 Å². The molecule has 142 valence electrons. The Bertz CT molecular complexity index is 998. The number of nitrogens with one attached hydrogen (secondary N) is 3. The average Bonchev–Trinajstić information content (AvgIpc) is 3.09. The predicted octanol–water partition coefficient (Wildman–Crippen LogP) is 2.49. The van der Waals surface area contributed by atoms with Crippen LogP contribution in [0.1, 0.15) is 23.5 Å². The zero-order valence-electron chi connectivity index (χ0n) is 14.9. The van der Waals surface area contributed by atoms with Gasteiger partial charge in [0.2, 0.25) is 5.91 Å². The van der Waals surface area contributed by atoms with Crippen LogP contribution in [0.5, 0.6) is 5.75 Å². The summed E-state index contributed by atoms with van der Waals surface area (Å²) in [5.41, 5.74) is 7.86. The number of hydrogen-bond donors (Lipinski definition) is 4. The number of benzene rings is 2. The molecule has 8 heteroatoms. The fraction of sp³-hybridized carbons (Fsp3) is 0.150. The van der Waals surface area contributed by atoms with E-state index in [4.69, 9.17) is 10.5 Å². The highest BCUT2D eigenvalue weighted by molar-refractivity contribution is 5.95. The lowest BCUT2D eigenvalue weighted by atomic mass is 9.86. The molecule has 1 aromatic heterocycles. The van der Waals surface area contributed by atoms with Crippen LogP contribution in [0.15, 0.2) is 54.6 Å². The van der Waals surface area contributed by atoms with Gasteiger partial charge in [0, 0.05) is 23.6 Å². The van der Waals surface area contributed by atoms with Gasteiger partial charge in [-0.15, -0.1) is 0 Å². The molecule has 3 aromatic rings. The van der Waals surface area contributed by atoms with Crippen molar-refractivity contribution in [1.29, 1.82) is 0 Å². The molecule has 0 aliphatic carbocycles. The Balaban J connectivity index is 1.63. The van der Waals surface area contributed by atoms with E-state index in [1.165, 1.54) is 0 Å². The second kappa shape index (κ2) is 7.43. The molecule has 28 heavy (non-hydrogen) atoms. The molecule has 2 heterocycles. The number of rotatable bonds is 6. The summed E-state index contributed by atoms with van der Waals surface area (Å²) in [5.74, 6) is 1.00. The van der Waals surface area contributed by atoms with Crippen LogP contribution in [0.2, 0.25) is 0 Å². The fourth-order valence-corrected chi connectivity index (χ4v) is 3.25. The van der Waals surface area contributed by atoms with Crippen molar-refractivity contribution >= 4 is 29.1 Å². The zero-order chi connectivity index (χ0) is 19.5. The number of H-pyrrole nitrogens is 1. The smallest absolute Gasteiger partial charge is 0.255 e. The van der Waals surface area contributed by atoms with Gasteiger partial charge in [0.15, 0.2) is 12.4 Å². The van der Waals surface area contributed by atoms with Gasteiger partial charge in [-0.3, -0.25) is 14.7 Å². The predicted molar refractivity (Wildman–Crippen MR) is 105 cm³/mol. The largest absolute Gasteiger partial charge is 0.484 e. The van der Waals surface area contributed by atoms with E-state index in [0.29, 0.717) is 18.0 Å². The highest BCUT2D eigenvalue weighted by Crippen LogP contribution is 2.41. The molecular weight excluding hydrogens is 358 g/mol. The molecule has 0 saturated heterocycles. The van der Waals surface area contributed by atoms with Crippen LogP contribution < -0.4 is 21.1 Å². The molecule has 0 spiro atoms. The lowest BCUT2D eigenvalue weighted by molar-refractivity contribution is -0.120. The summed E-state index contributed by atoms with van der Waals surface area (Å²) in [4.78, 5) is 23.0. The number of hydrogen-bond acceptors (Lipinski definition) is 5. The molecule has 2 aromatic carbocycles. The SMILES string of the molecule is NC(=O)COc1ccc([C@@H]2CC(=O)Nc3n[nH]c(Nc4ccccc4)c32)cc1. The Kier molecular flexibility index (Phi) is 4.67. The van der Waals surface area contributed by atoms with Crippen LogP contribution in [-0.2, 0) is 9.59 Å². The standard InChI is InChI=1S/C20H19N5O3/c21-16(26)11-28-14-8-6-12(7-9-14)15-10-17(27)23-20-18(15)19(24-25-20)22-13-4-2-1-3-5-13/h1-9,15H,10-11H2,(H2,21,26)(H3,22,23,24,25,27)/t15-/m0/s1. The molecule has 4 rings (SSSR count). The summed E-state index contributed by atoms with van der Waals surface area (Å²) in [7, 11) is 0. The lowest BCUT2D eigenvalue weighted by Gasteiger charge is -2.23. The maximum Gasteiger partial charge on any atom is 0.255 e. The molecule has 5 N–H and O–H groups in total. The van der Waals surface area contributed by atoms with Crippen molar-refractivity contribution in [2.24, 2.45) is 5.73 Å². The molecule has 0 saturated carbocycles. The maximum atomic E-state index is 12.2. The third-order valence-electron chi connectivity index (χ3n) is 4.51. The number of carbonyl (C=O) groups excluding carboxylic acids is 2. The number of carbonyl (C=O) groups is 2. The molecule has 0 fully saturated rings. The first-order chi connectivity index (χ1) is 13.6. The van der Waals surface area contributed by atoms with Gasteiger partial charge in [-0.2, -0.15) is 5.10 Å². The number of para-hydroxylation sites is 1. The topological polar surface area (TPSA) is 122 Å². The number of fused-ring (bicyclic) bond motifs is 1. The van der Waals surface area contributed by atoms with E-state index in [1.54, 1.807) is 12.1 Å². The monoisotopic (exact) mass is 377 g/mol. The van der Waals surface area contributed by atoms with E-state index in [1.807, 2.05) is 42.5 Å². The van der Waals surface area contributed by atoms with Crippen LogP contribution >= 0.6 is 0 Å². The number of nitrogens with two attached hydrogens (primary N) is 1. The second-order valence-electron chi connectivity index (χ2n) is 6.48. The number of aromatic amines is 1. The van der Waals surface area contributed by atoms with Gasteiger partial charge in [-0.1, -0.05) is 30.3 Å². The van der Waals surface area contributed by atoms with Gasteiger partial charge in [0.25, 0.3) is 5.91 Å². The van der Waals surface area contributed by atoms with Gasteiger partial charge in [-0.25, -0.2) is 0 Å². The molecule has 1 atom stereocenters. The van der Waals surface area contributed by atoms with Crippen molar-refractivity contribution in [3.63, 3.8) is 0 Å². The lowest BCUT2D eigenvalue weighted by Crippen LogP contribution is -2.23. The fourth-order valence-electron chi connectivity index (χ4n) is 3.25. The van der Waals surface area contributed by atoms with Crippen molar-refractivity contribution in [2.75, 3.05) is 17.2 Å². The van der Waals surface area contributed by atoms with Crippen LogP contribution in [0, 0.1) is 0 Å². The average molecular weight is 377 g/mol. The quantitative estimate of drug-likeness (QED) is 0.526. The highest BCUT2D eigenvalue weighted by Gasteiger charge is 2.31. The van der Waals surface area contributed by atoms with Crippen LogP contribution in [0.3, 0.4) is 0 Å². The number of amides is 2. The molecule has 0 bridgehead atoms. The maximum absolute atomic E-state index is 12.2. The first-order valence-corrected chi connectivity index (χ1v) is 8.81. The van der Waals surface area contributed by atoms with Crippen LogP contribution in [-0.4, -0.2) is 28.6 Å². The number of anilines is 3. The van der Waals surface area contributed by atoms with Crippen molar-refractivity contribution < 1.29 is 14.3 Å². The van der Waals surface area contributed by atoms with Gasteiger partial charge < -0.3 is 21.1 Å². The summed E-state index contributed by atoms with van der Waals surface area (Å²) >= 11 is 0. The summed E-state index contributed by atoms with van der Waals surface area (Å²) in [6.07, 6.45) is 0.303. The minimum absolute atomic E-state index is 0.0932. The normalized spacial score (nSPS) is 15.4. The van der Waals surface area contributed by atoms with E-state index < -0.39 is 5.91 Å². The molecule has 0 unspecified atom stereocenters. The minimum atomic E-state index is -0.535. The Morgan fingerprint density at radius 2 is 1.93 bits per heavy atom. The molecule has 1 aliphatic rings. The summed E-state index contributed by atoms with van der Waals surface area (Å²) in [6.45, 7) is -0.178. The number of ether oxygens (including phenoxy) is 1. The minimum Gasteiger partial charge on any atom is -0.484 e.